The van der Waals surface area contributed by atoms with E-state index in [2.05, 4.69) is 4.85 Å². The summed E-state index contributed by atoms with van der Waals surface area (Å²) < 4.78 is 10.9. The van der Waals surface area contributed by atoms with Gasteiger partial charge in [0.1, 0.15) is 6.04 Å². The van der Waals surface area contributed by atoms with Crippen molar-refractivity contribution >= 4 is 33.4 Å². The maximum atomic E-state index is 13.5. The number of rotatable bonds is 1. The first-order chi connectivity index (χ1) is 12.8. The molecule has 140 valence electrons. The lowest BCUT2D eigenvalue weighted by Gasteiger charge is -2.57. The van der Waals surface area contributed by atoms with Gasteiger partial charge in [-0.05, 0) is 24.6 Å². The molecule has 5 heterocycles. The van der Waals surface area contributed by atoms with Crippen molar-refractivity contribution in [2.45, 2.75) is 41.6 Å². The van der Waals surface area contributed by atoms with Crippen LogP contribution in [0.4, 0.5) is 0 Å². The fraction of sp³-hybridized carbons (Fsp3) is 0.500. The molecule has 27 heavy (non-hydrogen) atoms. The molecule has 4 saturated heterocycles. The Hall–Kier alpha value is -2.05. The Balaban J connectivity index is 1.71. The number of ether oxygens (including phenoxy) is 2. The summed E-state index contributed by atoms with van der Waals surface area (Å²) >= 11 is 0. The summed E-state index contributed by atoms with van der Waals surface area (Å²) in [4.78, 5) is 31.9. The van der Waals surface area contributed by atoms with Crippen LogP contribution in [0.15, 0.2) is 18.2 Å². The third-order valence-corrected chi connectivity index (χ3v) is 9.74. The largest absolute Gasteiger partial charge is 0.454 e. The van der Waals surface area contributed by atoms with Gasteiger partial charge in [0, 0.05) is 14.0 Å². The minimum absolute atomic E-state index is 0.105. The lowest BCUT2D eigenvalue weighted by Crippen LogP contribution is -2.73. The molecule has 0 unspecified atom stereocenters. The van der Waals surface area contributed by atoms with E-state index in [1.165, 1.54) is 21.6 Å². The highest BCUT2D eigenvalue weighted by Crippen LogP contribution is 2.68. The molecule has 0 radical (unpaired) electrons. The summed E-state index contributed by atoms with van der Waals surface area (Å²) in [6.07, 6.45) is 0.297. The number of nitrogens with zero attached hydrogens (tertiary/aromatic N) is 3. The fourth-order valence-corrected chi connectivity index (χ4v) is 8.05. The Bertz CT molecular complexity index is 949. The summed E-state index contributed by atoms with van der Waals surface area (Å²) in [5, 5.41) is 0. The van der Waals surface area contributed by atoms with Crippen LogP contribution in [0, 0.1) is 6.57 Å². The van der Waals surface area contributed by atoms with E-state index in [1.807, 2.05) is 19.1 Å². The standard InChI is InChI=1S/C18H17N3O4S2/c1-16(19-3)8-18-15(23)20(4)17(2,26-27-18)14(22)21(18)13(16)10-5-6-11-12(7-10)25-9-24-11/h5-7,13H,8-9H2,1-2,4H3/t13-,16-,17-,18-/m1/s1. The molecule has 2 amide bonds. The predicted molar refractivity (Wildman–Crippen MR) is 101 cm³/mol. The summed E-state index contributed by atoms with van der Waals surface area (Å²) in [6, 6.07) is 4.98. The highest BCUT2D eigenvalue weighted by molar-refractivity contribution is 8.78. The third-order valence-electron chi connectivity index (χ3n) is 6.04. The molecular weight excluding hydrogens is 386 g/mol. The first-order valence-corrected chi connectivity index (χ1v) is 10.7. The van der Waals surface area contributed by atoms with E-state index < -0.39 is 21.3 Å². The molecule has 1 spiro atoms. The second-order valence-electron chi connectivity index (χ2n) is 7.63. The molecular formula is C18H17N3O4S2. The zero-order valence-corrected chi connectivity index (χ0v) is 16.6. The van der Waals surface area contributed by atoms with E-state index in [4.69, 9.17) is 16.0 Å². The van der Waals surface area contributed by atoms with Crippen molar-refractivity contribution in [1.29, 1.82) is 0 Å². The molecule has 2 bridgehead atoms. The molecule has 0 saturated carbocycles. The fourth-order valence-electron chi connectivity index (χ4n) is 4.48. The van der Waals surface area contributed by atoms with Gasteiger partial charge in [-0.25, -0.2) is 6.57 Å². The normalized spacial score (nSPS) is 39.0. The number of hydrogen-bond acceptors (Lipinski definition) is 6. The molecule has 0 aromatic heterocycles. The van der Waals surface area contributed by atoms with Gasteiger partial charge in [-0.15, -0.1) is 0 Å². The Morgan fingerprint density at radius 1 is 1.19 bits per heavy atom. The van der Waals surface area contributed by atoms with Gasteiger partial charge < -0.3 is 24.1 Å². The lowest BCUT2D eigenvalue weighted by molar-refractivity contribution is -0.164. The van der Waals surface area contributed by atoms with Crippen LogP contribution in [-0.4, -0.2) is 50.7 Å². The van der Waals surface area contributed by atoms with Crippen molar-refractivity contribution in [3.05, 3.63) is 35.2 Å². The minimum atomic E-state index is -1.05. The Morgan fingerprint density at radius 2 is 1.93 bits per heavy atom. The number of likely N-dealkylation sites (N-methyl/N-ethyl adjacent to an activating group) is 1. The van der Waals surface area contributed by atoms with Gasteiger partial charge in [0.15, 0.2) is 21.2 Å². The van der Waals surface area contributed by atoms with Crippen LogP contribution in [0.5, 0.6) is 11.5 Å². The molecule has 4 fully saturated rings. The van der Waals surface area contributed by atoms with Gasteiger partial charge >= 0.3 is 0 Å². The number of fused-ring (bicyclic) bond motifs is 3. The van der Waals surface area contributed by atoms with Crippen LogP contribution < -0.4 is 9.47 Å². The zero-order chi connectivity index (χ0) is 19.2. The topological polar surface area (TPSA) is 63.4 Å². The molecule has 0 aliphatic carbocycles. The summed E-state index contributed by atoms with van der Waals surface area (Å²) in [7, 11) is 4.51. The number of amides is 2. The smallest absolute Gasteiger partial charge is 0.262 e. The molecule has 1 aromatic carbocycles. The van der Waals surface area contributed by atoms with Gasteiger partial charge in [-0.1, -0.05) is 27.7 Å². The van der Waals surface area contributed by atoms with E-state index >= 15 is 0 Å². The monoisotopic (exact) mass is 403 g/mol. The molecule has 4 atom stereocenters. The van der Waals surface area contributed by atoms with Crippen molar-refractivity contribution in [2.24, 2.45) is 0 Å². The average molecular weight is 403 g/mol. The summed E-state index contributed by atoms with van der Waals surface area (Å²) in [5.41, 5.74) is -0.122. The van der Waals surface area contributed by atoms with Crippen LogP contribution in [0.1, 0.15) is 31.9 Å². The van der Waals surface area contributed by atoms with Crippen molar-refractivity contribution in [3.63, 3.8) is 0 Å². The van der Waals surface area contributed by atoms with Gasteiger partial charge in [0.2, 0.25) is 6.79 Å². The predicted octanol–water partition coefficient (Wildman–Crippen LogP) is 2.65. The lowest BCUT2D eigenvalue weighted by atomic mass is 9.87. The molecule has 7 nitrogen and oxygen atoms in total. The van der Waals surface area contributed by atoms with Crippen LogP contribution in [0.25, 0.3) is 4.85 Å². The van der Waals surface area contributed by atoms with E-state index in [9.17, 15) is 9.59 Å². The molecule has 0 N–H and O–H groups in total. The van der Waals surface area contributed by atoms with Crippen LogP contribution in [-0.2, 0) is 9.59 Å². The number of benzene rings is 1. The number of carbonyl (C=O) groups is 2. The van der Waals surface area contributed by atoms with E-state index in [0.29, 0.717) is 17.9 Å². The highest BCUT2D eigenvalue weighted by Gasteiger charge is 2.77. The molecule has 9 heteroatoms. The highest BCUT2D eigenvalue weighted by atomic mass is 33.1. The van der Waals surface area contributed by atoms with Gasteiger partial charge in [0.25, 0.3) is 17.4 Å². The van der Waals surface area contributed by atoms with Crippen molar-refractivity contribution in [1.82, 2.24) is 9.80 Å². The Kier molecular flexibility index (Phi) is 3.20. The van der Waals surface area contributed by atoms with Gasteiger partial charge in [-0.2, -0.15) is 0 Å². The zero-order valence-electron chi connectivity index (χ0n) is 15.0. The van der Waals surface area contributed by atoms with E-state index in [-0.39, 0.29) is 18.6 Å². The van der Waals surface area contributed by atoms with Crippen LogP contribution >= 0.6 is 21.6 Å². The first kappa shape index (κ1) is 17.1. The average Bonchev–Trinajstić information content (AvgIpc) is 3.23. The molecule has 6 rings (SSSR count). The van der Waals surface area contributed by atoms with Crippen molar-refractivity contribution < 1.29 is 19.1 Å². The minimum Gasteiger partial charge on any atom is -0.454 e. The van der Waals surface area contributed by atoms with Gasteiger partial charge in [0.05, 0.1) is 6.42 Å². The second kappa shape index (κ2) is 5.06. The van der Waals surface area contributed by atoms with Crippen molar-refractivity contribution in [3.8, 4) is 11.5 Å². The number of hydrogen-bond donors (Lipinski definition) is 0. The van der Waals surface area contributed by atoms with Crippen LogP contribution in [0.2, 0.25) is 0 Å². The molecule has 1 aromatic rings. The Labute approximate surface area is 164 Å². The van der Waals surface area contributed by atoms with Gasteiger partial charge in [-0.3, -0.25) is 9.59 Å². The van der Waals surface area contributed by atoms with Crippen LogP contribution in [0.3, 0.4) is 0 Å². The van der Waals surface area contributed by atoms with E-state index in [0.717, 1.165) is 5.56 Å². The maximum Gasteiger partial charge on any atom is 0.262 e. The molecule has 5 aliphatic rings. The number of carbonyl (C=O) groups excluding carboxylic acids is 2. The van der Waals surface area contributed by atoms with E-state index in [1.54, 1.807) is 29.8 Å². The SMILES string of the molecule is [C-]#[N+][C@]1(C)C[C@]23SS[C@](C)(C(=O)N2[C@@H]1c1ccc2c(c1)OCO2)N(C)C3=O. The maximum absolute atomic E-state index is 13.5. The summed E-state index contributed by atoms with van der Waals surface area (Å²) in [5.74, 6) is 1.03. The molecule has 5 aliphatic heterocycles. The van der Waals surface area contributed by atoms with Crippen molar-refractivity contribution in [2.75, 3.05) is 13.8 Å². The second-order valence-corrected chi connectivity index (χ2v) is 10.4. The Morgan fingerprint density at radius 3 is 2.67 bits per heavy atom. The quantitative estimate of drug-likeness (QED) is 0.531. The number of piperazine rings is 1. The third kappa shape index (κ3) is 1.85. The summed E-state index contributed by atoms with van der Waals surface area (Å²) in [6.45, 7) is 11.6. The first-order valence-electron chi connectivity index (χ1n) is 8.54.